The summed E-state index contributed by atoms with van der Waals surface area (Å²) < 4.78 is 15.2. The Bertz CT molecular complexity index is 918. The van der Waals surface area contributed by atoms with Crippen LogP contribution < -0.4 is 5.32 Å². The molecule has 2 rings (SSSR count). The number of likely N-dealkylation sites (tertiary alicyclic amines) is 1. The quantitative estimate of drug-likeness (QED) is 0.187. The van der Waals surface area contributed by atoms with Crippen molar-refractivity contribution in [2.75, 3.05) is 47.5 Å². The summed E-state index contributed by atoms with van der Waals surface area (Å²) in [4.78, 5) is 65.6. The zero-order valence-corrected chi connectivity index (χ0v) is 23.0. The Morgan fingerprint density at radius 1 is 1.13 bits per heavy atom. The van der Waals surface area contributed by atoms with Crippen molar-refractivity contribution >= 4 is 29.6 Å². The Morgan fingerprint density at radius 2 is 1.87 bits per heavy atom. The fourth-order valence-electron chi connectivity index (χ4n) is 4.56. The van der Waals surface area contributed by atoms with E-state index in [0.717, 1.165) is 0 Å². The average Bonchev–Trinajstić information content (AvgIpc) is 3.17. The molecule has 1 aliphatic heterocycles. The second-order valence-corrected chi connectivity index (χ2v) is 9.58. The van der Waals surface area contributed by atoms with Crippen LogP contribution in [0.2, 0.25) is 0 Å². The lowest BCUT2D eigenvalue weighted by Crippen LogP contribution is -2.45. The van der Waals surface area contributed by atoms with Crippen molar-refractivity contribution in [2.45, 2.75) is 51.7 Å². The number of allylic oxidation sites excluding steroid dienone is 2. The Morgan fingerprint density at radius 3 is 2.53 bits per heavy atom. The number of hydrogen-bond acceptors (Lipinski definition) is 8. The summed E-state index contributed by atoms with van der Waals surface area (Å²) in [6.07, 6.45) is 7.77. The molecule has 4 amide bonds. The van der Waals surface area contributed by atoms with Crippen LogP contribution in [0.15, 0.2) is 24.3 Å². The first-order valence-electron chi connectivity index (χ1n) is 13.0. The fourth-order valence-corrected chi connectivity index (χ4v) is 4.56. The minimum Gasteiger partial charge on any atom is -0.469 e. The number of hydrogen-bond donors (Lipinski definition) is 1. The highest BCUT2D eigenvalue weighted by Crippen LogP contribution is 2.36. The van der Waals surface area contributed by atoms with E-state index in [2.05, 4.69) is 10.1 Å². The Hall–Kier alpha value is -3.05. The molecule has 1 saturated heterocycles. The minimum absolute atomic E-state index is 0.0257. The van der Waals surface area contributed by atoms with E-state index in [1.54, 1.807) is 13.2 Å². The fraction of sp³-hybridized carbons (Fsp3) is 0.667. The predicted octanol–water partition coefficient (Wildman–Crippen LogP) is 1.08. The van der Waals surface area contributed by atoms with Crippen LogP contribution >= 0.6 is 0 Å². The van der Waals surface area contributed by atoms with Crippen molar-refractivity contribution in [1.82, 2.24) is 15.1 Å². The van der Waals surface area contributed by atoms with E-state index in [-0.39, 0.29) is 74.7 Å². The monoisotopic (exact) mass is 535 g/mol. The molecule has 1 fully saturated rings. The molecule has 1 aliphatic carbocycles. The summed E-state index contributed by atoms with van der Waals surface area (Å²) in [5.74, 6) is -2.89. The van der Waals surface area contributed by atoms with Gasteiger partial charge in [0.15, 0.2) is 0 Å². The van der Waals surface area contributed by atoms with Crippen LogP contribution in [-0.4, -0.2) is 99.1 Å². The molecule has 0 aromatic heterocycles. The zero-order chi connectivity index (χ0) is 28.2. The Balaban J connectivity index is 1.97. The molecule has 2 aliphatic rings. The number of rotatable bonds is 15. The van der Waals surface area contributed by atoms with Gasteiger partial charge in [-0.3, -0.25) is 28.9 Å². The van der Waals surface area contributed by atoms with E-state index in [1.165, 1.54) is 24.0 Å². The number of fused-ring (bicyclic) bond motifs is 1. The number of carbonyl (C=O) groups excluding carboxylic acids is 5. The number of nitrogens with zero attached hydrogens (tertiary/aromatic N) is 2. The molecule has 1 heterocycles. The first-order chi connectivity index (χ1) is 18.1. The molecular formula is C27H41N3O8. The van der Waals surface area contributed by atoms with Crippen LogP contribution in [0.5, 0.6) is 0 Å². The van der Waals surface area contributed by atoms with E-state index < -0.39 is 23.9 Å². The Kier molecular flexibility index (Phi) is 12.6. The van der Waals surface area contributed by atoms with Gasteiger partial charge in [0.25, 0.3) is 0 Å². The maximum atomic E-state index is 13.0. The molecule has 0 spiro atoms. The smallest absolute Gasteiger partial charge is 0.306 e. The number of carbonyl (C=O) groups is 5. The normalized spacial score (nSPS) is 22.3. The van der Waals surface area contributed by atoms with Gasteiger partial charge < -0.3 is 24.4 Å². The first kappa shape index (κ1) is 31.2. The lowest BCUT2D eigenvalue weighted by atomic mass is 9.83. The first-order valence-corrected chi connectivity index (χ1v) is 13.0. The van der Waals surface area contributed by atoms with Crippen molar-refractivity contribution in [2.24, 2.45) is 17.8 Å². The second-order valence-electron chi connectivity index (χ2n) is 9.58. The number of esters is 1. The predicted molar refractivity (Wildman–Crippen MR) is 138 cm³/mol. The molecule has 0 saturated carbocycles. The molecule has 0 bridgehead atoms. The van der Waals surface area contributed by atoms with Gasteiger partial charge in [0.1, 0.15) is 0 Å². The third kappa shape index (κ3) is 8.49. The average molecular weight is 536 g/mol. The number of amides is 4. The summed E-state index contributed by atoms with van der Waals surface area (Å²) in [5, 5.41) is 2.83. The SMILES string of the molecule is COC(=O)CCC(=O)N(CCNC(=O)C(C)C/C=C\C(C)OC)CCN1C(=O)C2CC=CC(OC)C2C1=O. The third-order valence-corrected chi connectivity index (χ3v) is 7.02. The lowest BCUT2D eigenvalue weighted by Gasteiger charge is -2.26. The summed E-state index contributed by atoms with van der Waals surface area (Å²) in [5.41, 5.74) is 0. The van der Waals surface area contributed by atoms with Gasteiger partial charge in [0, 0.05) is 52.7 Å². The highest BCUT2D eigenvalue weighted by Gasteiger charge is 2.51. The summed E-state index contributed by atoms with van der Waals surface area (Å²) >= 11 is 0. The van der Waals surface area contributed by atoms with Gasteiger partial charge >= 0.3 is 5.97 Å². The van der Waals surface area contributed by atoms with Crippen molar-refractivity contribution < 1.29 is 38.2 Å². The van der Waals surface area contributed by atoms with Crippen LogP contribution in [0.25, 0.3) is 0 Å². The number of methoxy groups -OCH3 is 3. The van der Waals surface area contributed by atoms with Crippen molar-refractivity contribution in [3.8, 4) is 0 Å². The molecule has 5 unspecified atom stereocenters. The lowest BCUT2D eigenvalue weighted by molar-refractivity contribution is -0.144. The van der Waals surface area contributed by atoms with Crippen LogP contribution in [0.4, 0.5) is 0 Å². The van der Waals surface area contributed by atoms with Crippen molar-refractivity contribution in [1.29, 1.82) is 0 Å². The molecule has 0 aromatic rings. The van der Waals surface area contributed by atoms with Crippen molar-refractivity contribution in [3.05, 3.63) is 24.3 Å². The van der Waals surface area contributed by atoms with Crippen LogP contribution in [0, 0.1) is 17.8 Å². The van der Waals surface area contributed by atoms with E-state index in [1.807, 2.05) is 32.1 Å². The molecule has 11 nitrogen and oxygen atoms in total. The molecule has 0 radical (unpaired) electrons. The van der Waals surface area contributed by atoms with Gasteiger partial charge in [-0.05, 0) is 19.8 Å². The van der Waals surface area contributed by atoms with E-state index >= 15 is 0 Å². The topological polar surface area (TPSA) is 132 Å². The maximum Gasteiger partial charge on any atom is 0.306 e. The number of nitrogens with one attached hydrogen (secondary N) is 1. The standard InChI is InChI=1S/C27H41N3O8/c1-18(8-6-9-19(2)36-3)25(33)28-14-15-29(22(31)12-13-23(32)38-5)16-17-30-26(34)20-10-7-11-21(37-4)24(20)27(30)35/h6-7,9,11,18-21,24H,8,10,12-17H2,1-5H3,(H,28,33)/b9-6-. The Labute approximate surface area is 224 Å². The molecular weight excluding hydrogens is 494 g/mol. The second kappa shape index (κ2) is 15.4. The van der Waals surface area contributed by atoms with E-state index in [9.17, 15) is 24.0 Å². The van der Waals surface area contributed by atoms with Gasteiger partial charge in [-0.1, -0.05) is 31.2 Å². The molecule has 1 N–H and O–H groups in total. The largest absolute Gasteiger partial charge is 0.469 e. The molecule has 212 valence electrons. The zero-order valence-electron chi connectivity index (χ0n) is 23.0. The van der Waals surface area contributed by atoms with Crippen LogP contribution in [-0.2, 0) is 38.2 Å². The van der Waals surface area contributed by atoms with Gasteiger partial charge in [-0.25, -0.2) is 0 Å². The maximum absolute atomic E-state index is 13.0. The van der Waals surface area contributed by atoms with E-state index in [0.29, 0.717) is 12.8 Å². The highest BCUT2D eigenvalue weighted by molar-refractivity contribution is 6.05. The minimum atomic E-state index is -0.567. The van der Waals surface area contributed by atoms with Crippen molar-refractivity contribution in [3.63, 3.8) is 0 Å². The van der Waals surface area contributed by atoms with E-state index in [4.69, 9.17) is 9.47 Å². The van der Waals surface area contributed by atoms with Gasteiger partial charge in [0.05, 0.1) is 37.6 Å². The molecule has 11 heteroatoms. The summed E-state index contributed by atoms with van der Waals surface area (Å²) in [6.45, 7) is 4.18. The van der Waals surface area contributed by atoms with Gasteiger partial charge in [-0.2, -0.15) is 0 Å². The third-order valence-electron chi connectivity index (χ3n) is 7.02. The summed E-state index contributed by atoms with van der Waals surface area (Å²) in [7, 11) is 4.36. The number of imide groups is 1. The summed E-state index contributed by atoms with van der Waals surface area (Å²) in [6, 6.07) is 0. The molecule has 0 aromatic carbocycles. The number of ether oxygens (including phenoxy) is 3. The van der Waals surface area contributed by atoms with Gasteiger partial charge in [-0.15, -0.1) is 0 Å². The van der Waals surface area contributed by atoms with Gasteiger partial charge in [0.2, 0.25) is 23.6 Å². The van der Waals surface area contributed by atoms with Crippen LogP contribution in [0.3, 0.4) is 0 Å². The molecule has 38 heavy (non-hydrogen) atoms. The molecule has 5 atom stereocenters. The highest BCUT2D eigenvalue weighted by atomic mass is 16.5. The van der Waals surface area contributed by atoms with Crippen LogP contribution in [0.1, 0.15) is 39.5 Å².